The highest BCUT2D eigenvalue weighted by Crippen LogP contribution is 2.23. The summed E-state index contributed by atoms with van der Waals surface area (Å²) < 4.78 is 26.2. The topological polar surface area (TPSA) is 86.8 Å². The van der Waals surface area contributed by atoms with Crippen molar-refractivity contribution in [3.05, 3.63) is 29.8 Å². The van der Waals surface area contributed by atoms with Gasteiger partial charge in [0.1, 0.15) is 0 Å². The first-order chi connectivity index (χ1) is 14.4. The van der Waals surface area contributed by atoms with Crippen molar-refractivity contribution in [3.63, 3.8) is 0 Å². The monoisotopic (exact) mass is 435 g/mol. The summed E-state index contributed by atoms with van der Waals surface area (Å²) in [6.07, 6.45) is 5.21. The van der Waals surface area contributed by atoms with Crippen LogP contribution in [-0.4, -0.2) is 54.8 Å². The van der Waals surface area contributed by atoms with Crippen molar-refractivity contribution in [2.45, 2.75) is 58.4 Å². The maximum Gasteiger partial charge on any atom is 0.227 e. The summed E-state index contributed by atoms with van der Waals surface area (Å²) in [5.41, 5.74) is 1.72. The van der Waals surface area contributed by atoms with Crippen molar-refractivity contribution < 1.29 is 18.0 Å². The van der Waals surface area contributed by atoms with Crippen molar-refractivity contribution in [2.75, 3.05) is 30.7 Å². The van der Waals surface area contributed by atoms with Gasteiger partial charge in [0.05, 0.1) is 5.75 Å². The summed E-state index contributed by atoms with van der Waals surface area (Å²) >= 11 is 0. The number of benzene rings is 1. The number of sulfonamides is 1. The molecule has 1 aromatic carbocycles. The molecule has 166 valence electrons. The van der Waals surface area contributed by atoms with Crippen LogP contribution in [0.2, 0.25) is 0 Å². The van der Waals surface area contributed by atoms with Crippen LogP contribution in [0.3, 0.4) is 0 Å². The molecule has 0 aliphatic carbocycles. The van der Waals surface area contributed by atoms with Gasteiger partial charge in [0.15, 0.2) is 0 Å². The summed E-state index contributed by atoms with van der Waals surface area (Å²) in [5, 5.41) is 2.98. The Morgan fingerprint density at radius 1 is 1.17 bits per heavy atom. The lowest BCUT2D eigenvalue weighted by Crippen LogP contribution is -2.42. The lowest BCUT2D eigenvalue weighted by atomic mass is 9.97. The zero-order valence-electron chi connectivity index (χ0n) is 17.8. The van der Waals surface area contributed by atoms with E-state index in [0.717, 1.165) is 37.1 Å². The maximum atomic E-state index is 12.7. The van der Waals surface area contributed by atoms with Crippen LogP contribution in [0.1, 0.15) is 57.4 Å². The quantitative estimate of drug-likeness (QED) is 0.680. The number of carbonyl (C=O) groups excluding carboxylic acids is 2. The van der Waals surface area contributed by atoms with Crippen LogP contribution < -0.4 is 5.32 Å². The number of hydrogen-bond acceptors (Lipinski definition) is 4. The molecule has 0 atom stereocenters. The van der Waals surface area contributed by atoms with E-state index in [4.69, 9.17) is 0 Å². The molecule has 0 unspecified atom stereocenters. The van der Waals surface area contributed by atoms with Crippen LogP contribution in [0, 0.1) is 5.92 Å². The summed E-state index contributed by atoms with van der Waals surface area (Å²) in [6, 6.07) is 7.63. The number of nitrogens with one attached hydrogen (secondary N) is 1. The molecule has 0 bridgehead atoms. The van der Waals surface area contributed by atoms with E-state index < -0.39 is 10.0 Å². The average Bonchev–Trinajstić information content (AvgIpc) is 2.74. The van der Waals surface area contributed by atoms with Gasteiger partial charge in [-0.25, -0.2) is 12.7 Å². The van der Waals surface area contributed by atoms with Gasteiger partial charge in [0.2, 0.25) is 21.8 Å². The van der Waals surface area contributed by atoms with E-state index in [-0.39, 0.29) is 23.5 Å². The van der Waals surface area contributed by atoms with E-state index in [1.54, 1.807) is 0 Å². The Labute approximate surface area is 179 Å². The Balaban J connectivity index is 1.52. The molecule has 0 saturated carbocycles. The highest BCUT2D eigenvalue weighted by Gasteiger charge is 2.30. The van der Waals surface area contributed by atoms with Crippen LogP contribution in [0.15, 0.2) is 24.3 Å². The van der Waals surface area contributed by atoms with Gasteiger partial charge in [-0.2, -0.15) is 0 Å². The molecule has 2 aliphatic rings. The SMILES string of the molecule is CCCCS(=O)(=O)N1CCC(C(=O)Nc2cccc(CN3CCCCC3=O)c2)CC1. The second-order valence-electron chi connectivity index (χ2n) is 8.30. The van der Waals surface area contributed by atoms with E-state index >= 15 is 0 Å². The van der Waals surface area contributed by atoms with Crippen LogP contribution in [0.5, 0.6) is 0 Å². The number of rotatable bonds is 8. The predicted molar refractivity (Wildman–Crippen MR) is 117 cm³/mol. The minimum atomic E-state index is -3.21. The zero-order chi connectivity index (χ0) is 21.6. The molecule has 7 nitrogen and oxygen atoms in total. The maximum absolute atomic E-state index is 12.7. The first kappa shape index (κ1) is 22.7. The largest absolute Gasteiger partial charge is 0.338 e. The summed E-state index contributed by atoms with van der Waals surface area (Å²) in [4.78, 5) is 26.6. The van der Waals surface area contributed by atoms with Crippen molar-refractivity contribution in [1.82, 2.24) is 9.21 Å². The molecule has 2 fully saturated rings. The van der Waals surface area contributed by atoms with E-state index in [0.29, 0.717) is 45.3 Å². The van der Waals surface area contributed by atoms with Gasteiger partial charge in [-0.05, 0) is 49.8 Å². The Kier molecular flexibility index (Phi) is 7.88. The molecular weight excluding hydrogens is 402 g/mol. The molecule has 0 spiro atoms. The molecule has 8 heteroatoms. The molecule has 1 N–H and O–H groups in total. The van der Waals surface area contributed by atoms with Gasteiger partial charge in [-0.3, -0.25) is 9.59 Å². The number of likely N-dealkylation sites (tertiary alicyclic amines) is 1. The zero-order valence-corrected chi connectivity index (χ0v) is 18.6. The second-order valence-corrected chi connectivity index (χ2v) is 10.4. The highest BCUT2D eigenvalue weighted by molar-refractivity contribution is 7.89. The highest BCUT2D eigenvalue weighted by atomic mass is 32.2. The summed E-state index contributed by atoms with van der Waals surface area (Å²) in [5.74, 6) is 0.130. The average molecular weight is 436 g/mol. The van der Waals surface area contributed by atoms with Gasteiger partial charge in [0, 0.05) is 44.2 Å². The van der Waals surface area contributed by atoms with E-state index in [2.05, 4.69) is 5.32 Å². The van der Waals surface area contributed by atoms with Crippen molar-refractivity contribution >= 4 is 27.5 Å². The molecule has 2 aliphatic heterocycles. The minimum absolute atomic E-state index is 0.0631. The number of unbranched alkanes of at least 4 members (excludes halogenated alkanes) is 1. The molecule has 0 radical (unpaired) electrons. The molecule has 2 heterocycles. The number of nitrogens with zero attached hydrogens (tertiary/aromatic N) is 2. The van der Waals surface area contributed by atoms with Crippen LogP contribution in [-0.2, 0) is 26.2 Å². The summed E-state index contributed by atoms with van der Waals surface area (Å²) in [6.45, 7) is 4.14. The Bertz CT molecular complexity index is 848. The predicted octanol–water partition coefficient (Wildman–Crippen LogP) is 2.98. The standard InChI is InChI=1S/C22H33N3O4S/c1-2-3-15-30(28,29)25-13-10-19(11-14-25)22(27)23-20-8-6-7-18(16-20)17-24-12-5-4-9-21(24)26/h6-8,16,19H,2-5,9-15,17H2,1H3,(H,23,27). The second kappa shape index (κ2) is 10.4. The van der Waals surface area contributed by atoms with Gasteiger partial charge in [-0.1, -0.05) is 25.5 Å². The van der Waals surface area contributed by atoms with E-state index in [1.807, 2.05) is 36.1 Å². The molecule has 2 amide bonds. The molecule has 3 rings (SSSR count). The third-order valence-electron chi connectivity index (χ3n) is 5.96. The fraction of sp³-hybridized carbons (Fsp3) is 0.636. The molecule has 0 aromatic heterocycles. The first-order valence-electron chi connectivity index (χ1n) is 11.0. The van der Waals surface area contributed by atoms with Crippen molar-refractivity contribution in [3.8, 4) is 0 Å². The number of carbonyl (C=O) groups is 2. The number of amides is 2. The summed E-state index contributed by atoms with van der Waals surface area (Å²) in [7, 11) is -3.21. The fourth-order valence-corrected chi connectivity index (χ4v) is 5.77. The van der Waals surface area contributed by atoms with Gasteiger partial charge in [0.25, 0.3) is 0 Å². The van der Waals surface area contributed by atoms with E-state index in [9.17, 15) is 18.0 Å². The van der Waals surface area contributed by atoms with Gasteiger partial charge in [-0.15, -0.1) is 0 Å². The lowest BCUT2D eigenvalue weighted by molar-refractivity contribution is -0.133. The van der Waals surface area contributed by atoms with Crippen molar-refractivity contribution in [1.29, 1.82) is 0 Å². The molecule has 30 heavy (non-hydrogen) atoms. The van der Waals surface area contributed by atoms with Crippen molar-refractivity contribution in [2.24, 2.45) is 5.92 Å². The smallest absolute Gasteiger partial charge is 0.227 e. The van der Waals surface area contributed by atoms with E-state index in [1.165, 1.54) is 4.31 Å². The molecular formula is C22H33N3O4S. The number of hydrogen-bond donors (Lipinski definition) is 1. The Morgan fingerprint density at radius 2 is 1.93 bits per heavy atom. The first-order valence-corrected chi connectivity index (χ1v) is 12.7. The van der Waals surface area contributed by atoms with Crippen LogP contribution in [0.25, 0.3) is 0 Å². The fourth-order valence-electron chi connectivity index (χ4n) is 4.09. The van der Waals surface area contributed by atoms with Crippen LogP contribution in [0.4, 0.5) is 5.69 Å². The third-order valence-corrected chi connectivity index (χ3v) is 7.92. The van der Waals surface area contributed by atoms with Gasteiger partial charge < -0.3 is 10.2 Å². The number of anilines is 1. The third kappa shape index (κ3) is 6.04. The normalized spacial score (nSPS) is 19.1. The minimum Gasteiger partial charge on any atom is -0.338 e. The molecule has 1 aromatic rings. The Morgan fingerprint density at radius 3 is 2.63 bits per heavy atom. The van der Waals surface area contributed by atoms with Crippen LogP contribution >= 0.6 is 0 Å². The molecule has 2 saturated heterocycles. The lowest BCUT2D eigenvalue weighted by Gasteiger charge is -2.30. The number of piperidine rings is 2. The Hall–Kier alpha value is -1.93. The van der Waals surface area contributed by atoms with Gasteiger partial charge >= 0.3 is 0 Å².